The molecule has 126 valence electrons. The highest BCUT2D eigenvalue weighted by Gasteiger charge is 2.66. The zero-order valence-electron chi connectivity index (χ0n) is 13.6. The van der Waals surface area contributed by atoms with E-state index in [9.17, 15) is 10.2 Å². The third-order valence-corrected chi connectivity index (χ3v) is 7.05. The molecule has 1 aromatic carbocycles. The normalized spacial score (nSPS) is 46.3. The number of aromatic amines is 1. The average molecular weight is 326 g/mol. The minimum atomic E-state index is -0.691. The van der Waals surface area contributed by atoms with Crippen LogP contribution < -0.4 is 0 Å². The predicted molar refractivity (Wildman–Crippen MR) is 88.0 cm³/mol. The summed E-state index contributed by atoms with van der Waals surface area (Å²) in [5.41, 5.74) is 3.95. The number of aliphatic hydroxyl groups excluding tert-OH is 2. The molecule has 9 unspecified atom stereocenters. The number of benzene rings is 1. The molecular weight excluding hydrogens is 304 g/mol. The van der Waals surface area contributed by atoms with Gasteiger partial charge in [0, 0.05) is 34.5 Å². The molecule has 6 aliphatic heterocycles. The highest BCUT2D eigenvalue weighted by molar-refractivity contribution is 5.85. The lowest BCUT2D eigenvalue weighted by molar-refractivity contribution is -0.375. The third-order valence-electron chi connectivity index (χ3n) is 7.05. The fourth-order valence-corrected chi connectivity index (χ4v) is 6.28. The molecule has 0 amide bonds. The largest absolute Gasteiger partial charge is 0.393 e. The molecule has 2 aromatic rings. The van der Waals surface area contributed by atoms with Crippen molar-refractivity contribution < 1.29 is 14.9 Å². The van der Waals surface area contributed by atoms with Gasteiger partial charge in [-0.25, -0.2) is 0 Å². The molecular formula is C19H22N2O3. The molecule has 6 bridgehead atoms. The zero-order chi connectivity index (χ0) is 16.2. The Morgan fingerprint density at radius 1 is 1.33 bits per heavy atom. The summed E-state index contributed by atoms with van der Waals surface area (Å²) in [6.07, 6.45) is 0.691. The second kappa shape index (κ2) is 4.41. The molecule has 5 saturated heterocycles. The number of nitrogens with one attached hydrogen (secondary N) is 1. The molecule has 3 N–H and O–H groups in total. The van der Waals surface area contributed by atoms with Crippen LogP contribution in [0, 0.1) is 17.8 Å². The average Bonchev–Trinajstić information content (AvgIpc) is 2.92. The van der Waals surface area contributed by atoms with Crippen molar-refractivity contribution in [2.45, 2.75) is 50.5 Å². The third kappa shape index (κ3) is 1.46. The number of nitrogens with zero attached hydrogens (tertiary/aromatic N) is 1. The summed E-state index contributed by atoms with van der Waals surface area (Å²) >= 11 is 0. The number of para-hydroxylation sites is 1. The van der Waals surface area contributed by atoms with Crippen LogP contribution in [0.25, 0.3) is 10.9 Å². The summed E-state index contributed by atoms with van der Waals surface area (Å²) in [5, 5.41) is 22.1. The van der Waals surface area contributed by atoms with Gasteiger partial charge in [0.25, 0.3) is 0 Å². The highest BCUT2D eigenvalue weighted by atomic mass is 16.6. The molecule has 5 heteroatoms. The molecule has 0 radical (unpaired) electrons. The Kier molecular flexibility index (Phi) is 2.54. The molecule has 5 fully saturated rings. The van der Waals surface area contributed by atoms with Crippen LogP contribution >= 0.6 is 0 Å². The second-order valence-electron chi connectivity index (χ2n) is 8.01. The molecule has 5 nitrogen and oxygen atoms in total. The van der Waals surface area contributed by atoms with Gasteiger partial charge in [-0.3, -0.25) is 4.90 Å². The maximum absolute atomic E-state index is 10.5. The second-order valence-corrected chi connectivity index (χ2v) is 8.01. The van der Waals surface area contributed by atoms with E-state index in [-0.39, 0.29) is 18.1 Å². The topological polar surface area (TPSA) is 68.7 Å². The van der Waals surface area contributed by atoms with Crippen molar-refractivity contribution in [1.29, 1.82) is 0 Å². The number of ether oxygens (including phenoxy) is 1. The SMILES string of the molecule is CC(O)C1C2CC3c4[nH]c5ccccc5c4CC4C2C(O)OC1N34. The zero-order valence-corrected chi connectivity index (χ0v) is 13.6. The molecule has 1 aromatic heterocycles. The van der Waals surface area contributed by atoms with E-state index in [0.29, 0.717) is 18.0 Å². The Labute approximate surface area is 140 Å². The van der Waals surface area contributed by atoms with E-state index in [2.05, 4.69) is 34.1 Å². The fraction of sp³-hybridized carbons (Fsp3) is 0.579. The molecule has 9 atom stereocenters. The number of hydrogen-bond donors (Lipinski definition) is 3. The number of rotatable bonds is 1. The lowest BCUT2D eigenvalue weighted by atomic mass is 9.58. The van der Waals surface area contributed by atoms with Gasteiger partial charge in [0.2, 0.25) is 0 Å². The number of aliphatic hydroxyl groups is 2. The van der Waals surface area contributed by atoms with Crippen LogP contribution in [0.4, 0.5) is 0 Å². The number of H-pyrrole nitrogens is 1. The standard InChI is InChI=1S/C19H22N2O3/c1-8(22)15-11-7-14-17-10(9-4-2-3-5-12(9)20-17)6-13-16(11)19(23)24-18(15)21(13)14/h2-5,8,11,13-16,18-20,22-23H,6-7H2,1H3. The predicted octanol–water partition coefficient (Wildman–Crippen LogP) is 1.76. The van der Waals surface area contributed by atoms with Crippen LogP contribution in [0.15, 0.2) is 24.3 Å². The van der Waals surface area contributed by atoms with Crippen molar-refractivity contribution in [2.24, 2.45) is 17.8 Å². The first-order valence-electron chi connectivity index (χ1n) is 9.03. The van der Waals surface area contributed by atoms with Gasteiger partial charge in [0.05, 0.1) is 12.1 Å². The number of aromatic nitrogens is 1. The summed E-state index contributed by atoms with van der Waals surface area (Å²) in [6, 6.07) is 9.15. The minimum absolute atomic E-state index is 0.104. The Morgan fingerprint density at radius 3 is 2.96 bits per heavy atom. The van der Waals surface area contributed by atoms with Crippen molar-refractivity contribution in [3.05, 3.63) is 35.5 Å². The summed E-state index contributed by atoms with van der Waals surface area (Å²) in [4.78, 5) is 6.10. The maximum atomic E-state index is 10.5. The summed E-state index contributed by atoms with van der Waals surface area (Å²) < 4.78 is 5.93. The summed E-state index contributed by atoms with van der Waals surface area (Å²) in [5.74, 6) is 0.544. The minimum Gasteiger partial charge on any atom is -0.393 e. The first kappa shape index (κ1) is 13.8. The smallest absolute Gasteiger partial charge is 0.161 e. The van der Waals surface area contributed by atoms with E-state index in [1.807, 2.05) is 6.92 Å². The molecule has 0 saturated carbocycles. The molecule has 0 aliphatic carbocycles. The van der Waals surface area contributed by atoms with E-state index in [1.165, 1.54) is 22.2 Å². The van der Waals surface area contributed by atoms with E-state index in [0.717, 1.165) is 12.8 Å². The number of hydrogen-bond acceptors (Lipinski definition) is 4. The van der Waals surface area contributed by atoms with Gasteiger partial charge in [-0.05, 0) is 37.3 Å². The number of fused-ring (bicyclic) bond motifs is 4. The lowest BCUT2D eigenvalue weighted by Gasteiger charge is -2.68. The van der Waals surface area contributed by atoms with Crippen LogP contribution in [0.3, 0.4) is 0 Å². The van der Waals surface area contributed by atoms with Crippen molar-refractivity contribution >= 4 is 10.9 Å². The highest BCUT2D eigenvalue weighted by Crippen LogP contribution is 2.61. The molecule has 7 heterocycles. The Hall–Kier alpha value is -1.40. The fourth-order valence-electron chi connectivity index (χ4n) is 6.28. The first-order valence-corrected chi connectivity index (χ1v) is 9.03. The van der Waals surface area contributed by atoms with E-state index in [1.54, 1.807) is 0 Å². The van der Waals surface area contributed by atoms with Gasteiger partial charge in [-0.15, -0.1) is 0 Å². The van der Waals surface area contributed by atoms with Crippen LogP contribution in [-0.4, -0.2) is 44.8 Å². The molecule has 24 heavy (non-hydrogen) atoms. The molecule has 8 rings (SSSR count). The van der Waals surface area contributed by atoms with Crippen molar-refractivity contribution in [3.63, 3.8) is 0 Å². The summed E-state index contributed by atoms with van der Waals surface area (Å²) in [7, 11) is 0. The van der Waals surface area contributed by atoms with Crippen LogP contribution in [0.2, 0.25) is 0 Å². The van der Waals surface area contributed by atoms with Gasteiger partial charge in [-0.1, -0.05) is 18.2 Å². The first-order chi connectivity index (χ1) is 11.6. The van der Waals surface area contributed by atoms with Crippen molar-refractivity contribution in [3.8, 4) is 0 Å². The van der Waals surface area contributed by atoms with Gasteiger partial charge < -0.3 is 19.9 Å². The van der Waals surface area contributed by atoms with E-state index >= 15 is 0 Å². The molecule has 0 spiro atoms. The van der Waals surface area contributed by atoms with Crippen LogP contribution in [0.5, 0.6) is 0 Å². The number of piperidine rings is 3. The van der Waals surface area contributed by atoms with E-state index < -0.39 is 12.4 Å². The lowest BCUT2D eigenvalue weighted by Crippen LogP contribution is -2.75. The van der Waals surface area contributed by atoms with Gasteiger partial charge in [-0.2, -0.15) is 0 Å². The van der Waals surface area contributed by atoms with E-state index in [4.69, 9.17) is 4.74 Å². The van der Waals surface area contributed by atoms with Crippen molar-refractivity contribution in [2.75, 3.05) is 0 Å². The van der Waals surface area contributed by atoms with Crippen LogP contribution in [0.1, 0.15) is 30.6 Å². The van der Waals surface area contributed by atoms with Crippen LogP contribution in [-0.2, 0) is 11.2 Å². The summed E-state index contributed by atoms with van der Waals surface area (Å²) in [6.45, 7) is 1.86. The quantitative estimate of drug-likeness (QED) is 0.747. The Morgan fingerprint density at radius 2 is 2.17 bits per heavy atom. The van der Waals surface area contributed by atoms with Gasteiger partial charge in [0.1, 0.15) is 6.23 Å². The molecule has 6 aliphatic rings. The Balaban J connectivity index is 1.54. The Bertz CT molecular complexity index is 829. The maximum Gasteiger partial charge on any atom is 0.161 e. The van der Waals surface area contributed by atoms with Gasteiger partial charge >= 0.3 is 0 Å². The van der Waals surface area contributed by atoms with Crippen molar-refractivity contribution in [1.82, 2.24) is 9.88 Å². The van der Waals surface area contributed by atoms with Gasteiger partial charge in [0.15, 0.2) is 6.29 Å². The monoisotopic (exact) mass is 326 g/mol.